The Kier molecular flexibility index (Phi) is 5.12. The number of carbonyl (C=O) groups is 2. The maximum absolute atomic E-state index is 12.6. The van der Waals surface area contributed by atoms with Gasteiger partial charge in [0, 0.05) is 12.6 Å². The minimum absolute atomic E-state index is 0.111. The molecule has 7 heteroatoms. The summed E-state index contributed by atoms with van der Waals surface area (Å²) in [5, 5.41) is 4.22. The minimum atomic E-state index is -0.468. The number of anilines is 1. The molecule has 112 valence electrons. The largest absolute Gasteiger partial charge is 0.468 e. The molecule has 1 aromatic rings. The summed E-state index contributed by atoms with van der Waals surface area (Å²) in [6, 6.07) is -0.151. The highest BCUT2D eigenvalue weighted by Gasteiger charge is 2.27. The Bertz CT molecular complexity index is 508. The Morgan fingerprint density at radius 3 is 2.50 bits per heavy atom. The molecule has 7 nitrogen and oxygen atoms in total. The van der Waals surface area contributed by atoms with Crippen molar-refractivity contribution in [2.45, 2.75) is 40.3 Å². The highest BCUT2D eigenvalue weighted by atomic mass is 16.5. The molecular weight excluding hydrogens is 260 g/mol. The van der Waals surface area contributed by atoms with Gasteiger partial charge in [-0.1, -0.05) is 0 Å². The lowest BCUT2D eigenvalue weighted by atomic mass is 10.2. The third kappa shape index (κ3) is 3.09. The number of ether oxygens (including phenoxy) is 1. The summed E-state index contributed by atoms with van der Waals surface area (Å²) in [6.07, 6.45) is 0. The van der Waals surface area contributed by atoms with Crippen LogP contribution in [-0.2, 0) is 16.1 Å². The third-order valence-corrected chi connectivity index (χ3v) is 3.09. The van der Waals surface area contributed by atoms with Crippen molar-refractivity contribution in [1.29, 1.82) is 0 Å². The fourth-order valence-electron chi connectivity index (χ4n) is 1.88. The van der Waals surface area contributed by atoms with E-state index < -0.39 is 5.97 Å². The van der Waals surface area contributed by atoms with Crippen molar-refractivity contribution < 1.29 is 14.3 Å². The number of aryl methyl sites for hydroxylation is 2. The van der Waals surface area contributed by atoms with Crippen molar-refractivity contribution in [3.05, 3.63) is 11.4 Å². The molecule has 0 aliphatic rings. The van der Waals surface area contributed by atoms with Crippen molar-refractivity contribution in [3.63, 3.8) is 0 Å². The van der Waals surface area contributed by atoms with Crippen LogP contribution in [0.2, 0.25) is 0 Å². The molecule has 0 radical (unpaired) electrons. The molecule has 0 unspecified atom stereocenters. The SMILES string of the molecule is CCn1nc(C)c(N)c1C(=O)N(CC(=O)OC)C(C)C. The molecule has 0 saturated carbocycles. The number of esters is 1. The number of carbonyl (C=O) groups excluding carboxylic acids is 2. The van der Waals surface area contributed by atoms with Gasteiger partial charge in [-0.15, -0.1) is 0 Å². The minimum Gasteiger partial charge on any atom is -0.468 e. The van der Waals surface area contributed by atoms with E-state index >= 15 is 0 Å². The molecule has 0 fully saturated rings. The van der Waals surface area contributed by atoms with E-state index in [9.17, 15) is 9.59 Å². The van der Waals surface area contributed by atoms with E-state index in [0.29, 0.717) is 23.6 Å². The number of aromatic nitrogens is 2. The quantitative estimate of drug-likeness (QED) is 0.807. The molecule has 20 heavy (non-hydrogen) atoms. The number of amides is 1. The molecule has 0 aliphatic carbocycles. The van der Waals surface area contributed by atoms with Gasteiger partial charge in [-0.25, -0.2) is 0 Å². The summed E-state index contributed by atoms with van der Waals surface area (Å²) in [7, 11) is 1.29. The number of rotatable bonds is 5. The summed E-state index contributed by atoms with van der Waals surface area (Å²) >= 11 is 0. The number of nitrogens with zero attached hydrogens (tertiary/aromatic N) is 3. The normalized spacial score (nSPS) is 10.7. The summed E-state index contributed by atoms with van der Waals surface area (Å²) in [5.41, 5.74) is 7.22. The van der Waals surface area contributed by atoms with E-state index in [1.54, 1.807) is 11.6 Å². The monoisotopic (exact) mass is 282 g/mol. The molecule has 1 amide bonds. The summed E-state index contributed by atoms with van der Waals surface area (Å²) in [6.45, 7) is 7.71. The van der Waals surface area contributed by atoms with Crippen LogP contribution in [0.5, 0.6) is 0 Å². The van der Waals surface area contributed by atoms with Crippen LogP contribution in [0, 0.1) is 6.92 Å². The molecule has 1 aromatic heterocycles. The fourth-order valence-corrected chi connectivity index (χ4v) is 1.88. The van der Waals surface area contributed by atoms with Crippen LogP contribution < -0.4 is 5.73 Å². The van der Waals surface area contributed by atoms with Crippen molar-refractivity contribution >= 4 is 17.6 Å². The molecule has 2 N–H and O–H groups in total. The number of methoxy groups -OCH3 is 1. The van der Waals surface area contributed by atoms with Crippen LogP contribution in [-0.4, -0.2) is 46.3 Å². The lowest BCUT2D eigenvalue weighted by molar-refractivity contribution is -0.141. The van der Waals surface area contributed by atoms with Gasteiger partial charge in [-0.2, -0.15) is 5.10 Å². The maximum atomic E-state index is 12.6. The van der Waals surface area contributed by atoms with Gasteiger partial charge in [0.1, 0.15) is 12.2 Å². The maximum Gasteiger partial charge on any atom is 0.325 e. The zero-order valence-electron chi connectivity index (χ0n) is 12.6. The second-order valence-corrected chi connectivity index (χ2v) is 4.77. The van der Waals surface area contributed by atoms with E-state index in [1.807, 2.05) is 20.8 Å². The average Bonchev–Trinajstić information content (AvgIpc) is 2.70. The average molecular weight is 282 g/mol. The molecule has 0 bridgehead atoms. The molecule has 0 atom stereocenters. The first-order chi connectivity index (χ1) is 9.33. The highest BCUT2D eigenvalue weighted by molar-refractivity contribution is 5.99. The number of nitrogen functional groups attached to an aromatic ring is 1. The van der Waals surface area contributed by atoms with Crippen LogP contribution in [0.1, 0.15) is 37.0 Å². The lowest BCUT2D eigenvalue weighted by Crippen LogP contribution is -2.42. The molecule has 0 spiro atoms. The Labute approximate surface area is 118 Å². The second kappa shape index (κ2) is 6.40. The van der Waals surface area contributed by atoms with Crippen LogP contribution >= 0.6 is 0 Å². The van der Waals surface area contributed by atoms with E-state index in [-0.39, 0.29) is 18.5 Å². The summed E-state index contributed by atoms with van der Waals surface area (Å²) < 4.78 is 6.18. The van der Waals surface area contributed by atoms with Crippen molar-refractivity contribution in [2.75, 3.05) is 19.4 Å². The van der Waals surface area contributed by atoms with Gasteiger partial charge in [-0.05, 0) is 27.7 Å². The molecular formula is C13H22N4O3. The van der Waals surface area contributed by atoms with Gasteiger partial charge < -0.3 is 15.4 Å². The van der Waals surface area contributed by atoms with Crippen molar-refractivity contribution in [1.82, 2.24) is 14.7 Å². The Hall–Kier alpha value is -2.05. The zero-order chi connectivity index (χ0) is 15.4. The van der Waals surface area contributed by atoms with Crippen LogP contribution in [0.3, 0.4) is 0 Å². The lowest BCUT2D eigenvalue weighted by Gasteiger charge is -2.25. The zero-order valence-corrected chi connectivity index (χ0v) is 12.6. The topological polar surface area (TPSA) is 90.5 Å². The summed E-state index contributed by atoms with van der Waals surface area (Å²) in [4.78, 5) is 25.5. The first-order valence-corrected chi connectivity index (χ1v) is 6.54. The number of nitrogens with two attached hydrogens (primary N) is 1. The van der Waals surface area contributed by atoms with Gasteiger partial charge in [0.2, 0.25) is 0 Å². The first kappa shape index (κ1) is 16.0. The summed E-state index contributed by atoms with van der Waals surface area (Å²) in [5.74, 6) is -0.782. The Morgan fingerprint density at radius 1 is 1.45 bits per heavy atom. The third-order valence-electron chi connectivity index (χ3n) is 3.09. The standard InChI is InChI=1S/C13H22N4O3/c1-6-17-12(11(14)9(4)15-17)13(19)16(8(2)3)7-10(18)20-5/h8H,6-7,14H2,1-5H3. The Balaban J connectivity index is 3.16. The van der Waals surface area contributed by atoms with Gasteiger partial charge >= 0.3 is 5.97 Å². The second-order valence-electron chi connectivity index (χ2n) is 4.77. The van der Waals surface area contributed by atoms with Crippen molar-refractivity contribution in [2.24, 2.45) is 0 Å². The van der Waals surface area contributed by atoms with E-state index in [4.69, 9.17) is 5.73 Å². The Morgan fingerprint density at radius 2 is 2.05 bits per heavy atom. The smallest absolute Gasteiger partial charge is 0.325 e. The van der Waals surface area contributed by atoms with Gasteiger partial charge in [-0.3, -0.25) is 14.3 Å². The van der Waals surface area contributed by atoms with Gasteiger partial charge in [0.15, 0.2) is 0 Å². The van der Waals surface area contributed by atoms with Gasteiger partial charge in [0.05, 0.1) is 18.5 Å². The van der Waals surface area contributed by atoms with Gasteiger partial charge in [0.25, 0.3) is 5.91 Å². The van der Waals surface area contributed by atoms with E-state index in [1.165, 1.54) is 12.0 Å². The number of hydrogen-bond donors (Lipinski definition) is 1. The first-order valence-electron chi connectivity index (χ1n) is 6.54. The van der Waals surface area contributed by atoms with E-state index in [2.05, 4.69) is 9.84 Å². The predicted octanol–water partition coefficient (Wildman–Crippen LogP) is 0.817. The number of hydrogen-bond acceptors (Lipinski definition) is 5. The van der Waals surface area contributed by atoms with Crippen LogP contribution in [0.15, 0.2) is 0 Å². The van der Waals surface area contributed by atoms with Crippen molar-refractivity contribution in [3.8, 4) is 0 Å². The van der Waals surface area contributed by atoms with Crippen LogP contribution in [0.4, 0.5) is 5.69 Å². The molecule has 0 saturated heterocycles. The fraction of sp³-hybridized carbons (Fsp3) is 0.615. The van der Waals surface area contributed by atoms with Crippen LogP contribution in [0.25, 0.3) is 0 Å². The predicted molar refractivity (Wildman–Crippen MR) is 75.2 cm³/mol. The molecule has 1 heterocycles. The molecule has 1 rings (SSSR count). The molecule has 0 aliphatic heterocycles. The molecule has 0 aromatic carbocycles. The highest BCUT2D eigenvalue weighted by Crippen LogP contribution is 2.19. The van der Waals surface area contributed by atoms with E-state index in [0.717, 1.165) is 0 Å².